The molecule has 0 bridgehead atoms. The summed E-state index contributed by atoms with van der Waals surface area (Å²) < 4.78 is 0. The quantitative estimate of drug-likeness (QED) is 0.239. The molecule has 39 heavy (non-hydrogen) atoms. The van der Waals surface area contributed by atoms with Crippen molar-refractivity contribution < 1.29 is 25.5 Å². The molecule has 2 aliphatic heterocycles. The summed E-state index contributed by atoms with van der Waals surface area (Å²) in [6, 6.07) is 5.64. The number of anilines is 4. The zero-order chi connectivity index (χ0) is 28.7. The van der Waals surface area contributed by atoms with Gasteiger partial charge in [0.1, 0.15) is 5.02 Å². The van der Waals surface area contributed by atoms with Gasteiger partial charge < -0.3 is 46.0 Å². The smallest absolute Gasteiger partial charge is 0.361 e. The second kappa shape index (κ2) is 10.8. The van der Waals surface area contributed by atoms with Gasteiger partial charge in [-0.3, -0.25) is 0 Å². The van der Waals surface area contributed by atoms with Crippen LogP contribution >= 0.6 is 11.6 Å². The number of benzene rings is 1. The lowest BCUT2D eigenvalue weighted by atomic mass is 9.92. The first-order valence-electron chi connectivity index (χ1n) is 12.5. The predicted molar refractivity (Wildman–Crippen MR) is 151 cm³/mol. The number of hydrogen-bond donors (Lipinski definition) is 7. The molecular formula is C27H35ClN6O5. The highest BCUT2D eigenvalue weighted by atomic mass is 35.5. The molecule has 4 rings (SSSR count). The highest BCUT2D eigenvalue weighted by Crippen LogP contribution is 2.39. The Bertz CT molecular complexity index is 1300. The van der Waals surface area contributed by atoms with Gasteiger partial charge in [0.05, 0.1) is 11.9 Å². The third kappa shape index (κ3) is 6.70. The van der Waals surface area contributed by atoms with Crippen LogP contribution in [0.4, 0.5) is 23.1 Å². The zero-order valence-electron chi connectivity index (χ0n) is 22.2. The molecule has 12 heteroatoms. The predicted octanol–water partition coefficient (Wildman–Crippen LogP) is 2.47. The first-order valence-corrected chi connectivity index (χ1v) is 12.9. The summed E-state index contributed by atoms with van der Waals surface area (Å²) in [6.07, 6.45) is 0.744. The van der Waals surface area contributed by atoms with E-state index >= 15 is 0 Å². The van der Waals surface area contributed by atoms with Crippen molar-refractivity contribution in [2.45, 2.75) is 38.6 Å². The number of nitrogens with zero attached hydrogens (tertiary/aromatic N) is 4. The first kappa shape index (κ1) is 28.8. The average Bonchev–Trinajstić information content (AvgIpc) is 2.82. The molecule has 3 heterocycles. The van der Waals surface area contributed by atoms with Crippen LogP contribution in [0.15, 0.2) is 54.5 Å². The number of likely N-dealkylation sites (N-methyl/N-ethyl adjacent to an activating group) is 1. The van der Waals surface area contributed by atoms with E-state index in [1.54, 1.807) is 29.5 Å². The van der Waals surface area contributed by atoms with E-state index in [4.69, 9.17) is 31.9 Å². The van der Waals surface area contributed by atoms with Crippen LogP contribution < -0.4 is 20.4 Å². The maximum Gasteiger partial charge on any atom is 0.366 e. The Morgan fingerprint density at radius 1 is 1.15 bits per heavy atom. The monoisotopic (exact) mass is 558 g/mol. The summed E-state index contributed by atoms with van der Waals surface area (Å²) >= 11 is 6.44. The van der Waals surface area contributed by atoms with Gasteiger partial charge in [-0.05, 0) is 48.1 Å². The molecule has 2 aliphatic rings. The number of hydrogen-bond acceptors (Lipinski definition) is 11. The lowest BCUT2D eigenvalue weighted by Crippen LogP contribution is -2.50. The second-order valence-electron chi connectivity index (χ2n) is 10.5. The van der Waals surface area contributed by atoms with Crippen LogP contribution in [0, 0.1) is 11.8 Å². The fourth-order valence-electron chi connectivity index (χ4n) is 5.07. The minimum atomic E-state index is -3.36. The number of halogens is 1. The van der Waals surface area contributed by atoms with Crippen molar-refractivity contribution in [1.29, 1.82) is 0 Å². The molecule has 7 N–H and O–H groups in total. The molecule has 2 unspecified atom stereocenters. The third-order valence-corrected chi connectivity index (χ3v) is 7.16. The van der Waals surface area contributed by atoms with Crippen molar-refractivity contribution in [1.82, 2.24) is 15.3 Å². The van der Waals surface area contributed by atoms with Crippen LogP contribution in [0.5, 0.6) is 0 Å². The molecule has 210 valence electrons. The van der Waals surface area contributed by atoms with Gasteiger partial charge in [-0.1, -0.05) is 38.6 Å². The van der Waals surface area contributed by atoms with Gasteiger partial charge in [0, 0.05) is 49.2 Å². The molecule has 0 amide bonds. The van der Waals surface area contributed by atoms with Crippen molar-refractivity contribution in [3.8, 4) is 0 Å². The number of piperidine rings is 1. The van der Waals surface area contributed by atoms with Crippen molar-refractivity contribution in [3.05, 3.63) is 65.1 Å². The molecule has 1 aromatic carbocycles. The van der Waals surface area contributed by atoms with E-state index < -0.39 is 24.0 Å². The largest absolute Gasteiger partial charge is 0.366 e. The van der Waals surface area contributed by atoms with E-state index in [0.29, 0.717) is 45.6 Å². The molecule has 1 saturated heterocycles. The Morgan fingerprint density at radius 3 is 2.46 bits per heavy atom. The highest BCUT2D eigenvalue weighted by Gasteiger charge is 2.35. The van der Waals surface area contributed by atoms with Crippen molar-refractivity contribution in [3.63, 3.8) is 0 Å². The Hall–Kier alpha value is -3.19. The molecule has 0 spiro atoms. The Balaban J connectivity index is 1.59. The standard InChI is InChI=1S/C27H35ClN6O5/c1-15-8-16(2)14-34(13-15)25-29-12-22(28)24(31-25)30-21-6-7-23-19(10-21)9-20(17(3)33(23)5)11-26(35,36)18(4)32-27(37,38)39/h6-7,9-10,12,15-16,32,35-39H,3-4,8,11,13-14H2,1-2,5H3,(H,29,30,31). The topological polar surface area (TPSA) is 157 Å². The number of aromatic nitrogens is 2. The molecular weight excluding hydrogens is 524 g/mol. The number of rotatable bonds is 8. The van der Waals surface area contributed by atoms with Crippen LogP contribution in [-0.4, -0.2) is 67.5 Å². The van der Waals surface area contributed by atoms with Gasteiger partial charge in [-0.15, -0.1) is 0 Å². The number of fused-ring (bicyclic) bond motifs is 1. The van der Waals surface area contributed by atoms with E-state index in [9.17, 15) is 10.2 Å². The summed E-state index contributed by atoms with van der Waals surface area (Å²) in [5.74, 6) is -0.457. The summed E-state index contributed by atoms with van der Waals surface area (Å²) in [5, 5.41) is 53.7. The molecule has 1 fully saturated rings. The molecule has 0 radical (unpaired) electrons. The molecule has 2 atom stereocenters. The maximum absolute atomic E-state index is 10.5. The van der Waals surface area contributed by atoms with Gasteiger partial charge in [0.15, 0.2) is 5.82 Å². The van der Waals surface area contributed by atoms with Crippen LogP contribution in [-0.2, 0) is 0 Å². The van der Waals surface area contributed by atoms with Crippen LogP contribution in [0.25, 0.3) is 6.08 Å². The van der Waals surface area contributed by atoms with Crippen molar-refractivity contribution in [2.24, 2.45) is 11.8 Å². The fraction of sp³-hybridized carbons (Fsp3) is 0.407. The number of allylic oxidation sites excluding steroid dienone is 1. The van der Waals surface area contributed by atoms with Crippen LogP contribution in [0.3, 0.4) is 0 Å². The van der Waals surface area contributed by atoms with Crippen molar-refractivity contribution in [2.75, 3.05) is 35.3 Å². The van der Waals surface area contributed by atoms with E-state index in [0.717, 1.165) is 24.3 Å². The fourth-order valence-corrected chi connectivity index (χ4v) is 5.21. The maximum atomic E-state index is 10.5. The van der Waals surface area contributed by atoms with Crippen molar-refractivity contribution >= 4 is 40.8 Å². The van der Waals surface area contributed by atoms with E-state index in [2.05, 4.69) is 42.2 Å². The molecule has 1 aromatic heterocycles. The normalized spacial score (nSPS) is 19.9. The van der Waals surface area contributed by atoms with E-state index in [-0.39, 0.29) is 0 Å². The second-order valence-corrected chi connectivity index (χ2v) is 10.9. The summed E-state index contributed by atoms with van der Waals surface area (Å²) in [6.45, 7) is 13.6. The van der Waals surface area contributed by atoms with Gasteiger partial charge in [-0.2, -0.15) is 4.98 Å². The minimum absolute atomic E-state index is 0.375. The highest BCUT2D eigenvalue weighted by molar-refractivity contribution is 6.32. The van der Waals surface area contributed by atoms with E-state index in [1.807, 2.05) is 18.2 Å². The minimum Gasteiger partial charge on any atom is -0.361 e. The molecule has 0 saturated carbocycles. The SMILES string of the molecule is C=C1C(CC(O)(O)C(=C)NC(O)(O)O)=Cc2cc(Nc3nc(N4CC(C)CC(C)C4)ncc3Cl)ccc2N1C. The molecule has 11 nitrogen and oxygen atoms in total. The first-order chi connectivity index (χ1) is 18.1. The lowest BCUT2D eigenvalue weighted by molar-refractivity contribution is -0.331. The third-order valence-electron chi connectivity index (χ3n) is 6.88. The van der Waals surface area contributed by atoms with Gasteiger partial charge in [-0.25, -0.2) is 4.98 Å². The number of aliphatic hydroxyl groups is 5. The van der Waals surface area contributed by atoms with E-state index in [1.165, 1.54) is 6.42 Å². The van der Waals surface area contributed by atoms with Gasteiger partial charge >= 0.3 is 6.10 Å². The average molecular weight is 559 g/mol. The zero-order valence-corrected chi connectivity index (χ0v) is 22.9. The molecule has 2 aromatic rings. The lowest BCUT2D eigenvalue weighted by Gasteiger charge is -2.35. The molecule has 0 aliphatic carbocycles. The summed E-state index contributed by atoms with van der Waals surface area (Å²) in [4.78, 5) is 13.1. The Kier molecular flexibility index (Phi) is 7.95. The summed E-state index contributed by atoms with van der Waals surface area (Å²) in [5.41, 5.74) is 2.63. The van der Waals surface area contributed by atoms with Crippen LogP contribution in [0.1, 0.15) is 32.3 Å². The Morgan fingerprint density at radius 2 is 1.82 bits per heavy atom. The summed E-state index contributed by atoms with van der Waals surface area (Å²) in [7, 11) is 1.79. The number of nitrogens with one attached hydrogen (secondary N) is 2. The van der Waals surface area contributed by atoms with Gasteiger partial charge in [0.2, 0.25) is 11.7 Å². The Labute approximate surface area is 232 Å². The van der Waals surface area contributed by atoms with Crippen LogP contribution in [0.2, 0.25) is 5.02 Å². The van der Waals surface area contributed by atoms with Gasteiger partial charge in [0.25, 0.3) is 0 Å².